The number of benzene rings is 1. The van der Waals surface area contributed by atoms with Crippen LogP contribution in [0, 0.1) is 5.92 Å². The predicted octanol–water partition coefficient (Wildman–Crippen LogP) is 1.78. The highest BCUT2D eigenvalue weighted by Crippen LogP contribution is 2.24. The van der Waals surface area contributed by atoms with Crippen molar-refractivity contribution in [3.8, 4) is 0 Å². The summed E-state index contributed by atoms with van der Waals surface area (Å²) in [4.78, 5) is 23.3. The lowest BCUT2D eigenvalue weighted by Crippen LogP contribution is -2.39. The van der Waals surface area contributed by atoms with Crippen molar-refractivity contribution in [1.82, 2.24) is 5.32 Å². The topological polar surface area (TPSA) is 101 Å². The minimum atomic E-state index is -3.29. The van der Waals surface area contributed by atoms with Crippen LogP contribution in [0.4, 0.5) is 0 Å². The van der Waals surface area contributed by atoms with E-state index in [2.05, 4.69) is 5.32 Å². The molecule has 0 bridgehead atoms. The molecule has 0 spiro atoms. The first kappa shape index (κ1) is 18.4. The van der Waals surface area contributed by atoms with Crippen LogP contribution in [0.3, 0.4) is 0 Å². The first-order chi connectivity index (χ1) is 11.3. The molecule has 2 rings (SSSR count). The maximum absolute atomic E-state index is 12.1. The molecule has 0 radical (unpaired) electrons. The zero-order valence-corrected chi connectivity index (χ0v) is 14.5. The lowest BCUT2D eigenvalue weighted by atomic mass is 9.86. The highest BCUT2D eigenvalue weighted by molar-refractivity contribution is 7.91. The molecule has 2 N–H and O–H groups in total. The first-order valence-electron chi connectivity index (χ1n) is 8.15. The summed E-state index contributed by atoms with van der Waals surface area (Å²) < 4.78 is 23.8. The molecule has 0 atom stereocenters. The van der Waals surface area contributed by atoms with Crippen molar-refractivity contribution >= 4 is 21.7 Å². The van der Waals surface area contributed by atoms with E-state index >= 15 is 0 Å². The van der Waals surface area contributed by atoms with Gasteiger partial charge in [0, 0.05) is 6.04 Å². The molecular weight excluding hydrogens is 330 g/mol. The van der Waals surface area contributed by atoms with Crippen LogP contribution in [0.1, 0.15) is 38.2 Å². The number of hydrogen-bond donors (Lipinski definition) is 2. The molecule has 1 fully saturated rings. The molecule has 0 heterocycles. The number of carboxylic acid groups (broad SMARTS) is 1. The van der Waals surface area contributed by atoms with E-state index in [4.69, 9.17) is 5.11 Å². The zero-order valence-electron chi connectivity index (χ0n) is 13.7. The lowest BCUT2D eigenvalue weighted by molar-refractivity contribution is -0.142. The summed E-state index contributed by atoms with van der Waals surface area (Å²) in [5.74, 6) is -1.22. The van der Waals surface area contributed by atoms with Gasteiger partial charge in [0.2, 0.25) is 5.91 Å². The molecule has 1 aromatic rings. The molecule has 0 aromatic heterocycles. The van der Waals surface area contributed by atoms with Crippen molar-refractivity contribution in [3.63, 3.8) is 0 Å². The summed E-state index contributed by atoms with van der Waals surface area (Å²) >= 11 is 0. The number of carbonyl (C=O) groups is 2. The average molecular weight is 353 g/mol. The highest BCUT2D eigenvalue weighted by Gasteiger charge is 2.26. The van der Waals surface area contributed by atoms with E-state index in [0.29, 0.717) is 31.2 Å². The third kappa shape index (κ3) is 4.80. The van der Waals surface area contributed by atoms with Crippen molar-refractivity contribution in [3.05, 3.63) is 29.8 Å². The summed E-state index contributed by atoms with van der Waals surface area (Å²) in [7, 11) is -3.29. The number of amides is 1. The van der Waals surface area contributed by atoms with E-state index in [-0.39, 0.29) is 34.9 Å². The van der Waals surface area contributed by atoms with Crippen LogP contribution in [-0.4, -0.2) is 37.2 Å². The fourth-order valence-corrected chi connectivity index (χ4v) is 3.91. The molecule has 1 aliphatic carbocycles. The zero-order chi connectivity index (χ0) is 17.7. The van der Waals surface area contributed by atoms with E-state index in [9.17, 15) is 18.0 Å². The van der Waals surface area contributed by atoms with Gasteiger partial charge in [0.1, 0.15) is 0 Å². The summed E-state index contributed by atoms with van der Waals surface area (Å²) in [5.41, 5.74) is 0.654. The summed E-state index contributed by atoms with van der Waals surface area (Å²) in [5, 5.41) is 11.9. The van der Waals surface area contributed by atoms with E-state index in [1.807, 2.05) is 0 Å². The van der Waals surface area contributed by atoms with Gasteiger partial charge in [0.25, 0.3) is 0 Å². The highest BCUT2D eigenvalue weighted by atomic mass is 32.2. The van der Waals surface area contributed by atoms with Crippen molar-refractivity contribution in [2.24, 2.45) is 5.92 Å². The largest absolute Gasteiger partial charge is 0.481 e. The molecule has 0 saturated heterocycles. The van der Waals surface area contributed by atoms with E-state index in [1.54, 1.807) is 25.1 Å². The Kier molecular flexibility index (Phi) is 5.99. The molecule has 132 valence electrons. The van der Waals surface area contributed by atoms with Gasteiger partial charge in [0.05, 0.1) is 23.0 Å². The Morgan fingerprint density at radius 2 is 1.88 bits per heavy atom. The van der Waals surface area contributed by atoms with Crippen molar-refractivity contribution in [1.29, 1.82) is 0 Å². The number of carboxylic acids is 1. The summed E-state index contributed by atoms with van der Waals surface area (Å²) in [6.45, 7) is 1.59. The minimum absolute atomic E-state index is 0.00402. The summed E-state index contributed by atoms with van der Waals surface area (Å²) in [6.07, 6.45) is 2.58. The molecule has 0 unspecified atom stereocenters. The Hall–Kier alpha value is -1.89. The Balaban J connectivity index is 1.92. The molecular formula is C17H23NO5S. The molecule has 1 aliphatic rings. The van der Waals surface area contributed by atoms with Gasteiger partial charge in [-0.15, -0.1) is 0 Å². The monoisotopic (exact) mass is 353 g/mol. The molecule has 0 aliphatic heterocycles. The Labute approximate surface area is 142 Å². The van der Waals surface area contributed by atoms with Crippen LogP contribution in [-0.2, 0) is 25.8 Å². The van der Waals surface area contributed by atoms with E-state index in [0.717, 1.165) is 0 Å². The number of carbonyl (C=O) groups excluding carboxylic acids is 1. The first-order valence-corrected chi connectivity index (χ1v) is 9.81. The van der Waals surface area contributed by atoms with Crippen molar-refractivity contribution in [2.45, 2.75) is 50.0 Å². The number of hydrogen-bond acceptors (Lipinski definition) is 4. The maximum atomic E-state index is 12.1. The normalized spacial score (nSPS) is 21.2. The molecule has 1 aromatic carbocycles. The van der Waals surface area contributed by atoms with Gasteiger partial charge in [-0.05, 0) is 43.4 Å². The smallest absolute Gasteiger partial charge is 0.306 e. The molecule has 6 nitrogen and oxygen atoms in total. The number of rotatable bonds is 6. The fourth-order valence-electron chi connectivity index (χ4n) is 2.96. The maximum Gasteiger partial charge on any atom is 0.306 e. The van der Waals surface area contributed by atoms with Gasteiger partial charge in [-0.2, -0.15) is 0 Å². The lowest BCUT2D eigenvalue weighted by Gasteiger charge is -2.26. The molecule has 1 amide bonds. The molecule has 1 saturated carbocycles. The Morgan fingerprint density at radius 1 is 1.21 bits per heavy atom. The molecule has 24 heavy (non-hydrogen) atoms. The van der Waals surface area contributed by atoms with Crippen LogP contribution in [0.25, 0.3) is 0 Å². The standard InChI is InChI=1S/C17H23NO5S/c1-2-24(22,23)15-5-3-4-12(10-15)11-16(19)18-14-8-6-13(7-9-14)17(20)21/h3-5,10,13-14H,2,6-9,11H2,1H3,(H,18,19)(H,20,21). The molecule has 7 heteroatoms. The summed E-state index contributed by atoms with van der Waals surface area (Å²) in [6, 6.07) is 6.45. The number of nitrogens with one attached hydrogen (secondary N) is 1. The second-order valence-corrected chi connectivity index (χ2v) is 8.46. The number of sulfone groups is 1. The second kappa shape index (κ2) is 7.79. The number of aliphatic carboxylic acids is 1. The second-order valence-electron chi connectivity index (χ2n) is 6.18. The third-order valence-corrected chi connectivity index (χ3v) is 6.18. The minimum Gasteiger partial charge on any atom is -0.481 e. The van der Waals surface area contributed by atoms with Gasteiger partial charge in [0.15, 0.2) is 9.84 Å². The van der Waals surface area contributed by atoms with Crippen LogP contribution in [0.5, 0.6) is 0 Å². The van der Waals surface area contributed by atoms with Gasteiger partial charge in [-0.1, -0.05) is 19.1 Å². The van der Waals surface area contributed by atoms with Gasteiger partial charge in [-0.3, -0.25) is 9.59 Å². The predicted molar refractivity (Wildman–Crippen MR) is 89.4 cm³/mol. The average Bonchev–Trinajstić information content (AvgIpc) is 2.55. The quantitative estimate of drug-likeness (QED) is 0.812. The Bertz CT molecular complexity index is 705. The van der Waals surface area contributed by atoms with Gasteiger partial charge >= 0.3 is 5.97 Å². The third-order valence-electron chi connectivity index (χ3n) is 4.44. The van der Waals surface area contributed by atoms with Gasteiger partial charge < -0.3 is 10.4 Å². The fraction of sp³-hybridized carbons (Fsp3) is 0.529. The van der Waals surface area contributed by atoms with Crippen LogP contribution < -0.4 is 5.32 Å². The van der Waals surface area contributed by atoms with Gasteiger partial charge in [-0.25, -0.2) is 8.42 Å². The van der Waals surface area contributed by atoms with Crippen LogP contribution in [0.15, 0.2) is 29.2 Å². The van der Waals surface area contributed by atoms with E-state index in [1.165, 1.54) is 6.07 Å². The van der Waals surface area contributed by atoms with Crippen molar-refractivity contribution in [2.75, 3.05) is 5.75 Å². The van der Waals surface area contributed by atoms with Crippen LogP contribution in [0.2, 0.25) is 0 Å². The Morgan fingerprint density at radius 3 is 2.46 bits per heavy atom. The van der Waals surface area contributed by atoms with E-state index < -0.39 is 15.8 Å². The van der Waals surface area contributed by atoms with Crippen molar-refractivity contribution < 1.29 is 23.1 Å². The van der Waals surface area contributed by atoms with Crippen LogP contribution >= 0.6 is 0 Å². The SMILES string of the molecule is CCS(=O)(=O)c1cccc(CC(=O)NC2CCC(C(=O)O)CC2)c1.